The zero-order valence-electron chi connectivity index (χ0n) is 17.1. The van der Waals surface area contributed by atoms with E-state index >= 15 is 0 Å². The molecule has 0 aliphatic heterocycles. The van der Waals surface area contributed by atoms with E-state index < -0.39 is 0 Å². The van der Waals surface area contributed by atoms with Crippen LogP contribution >= 0.6 is 0 Å². The highest BCUT2D eigenvalue weighted by molar-refractivity contribution is 5.76. The number of amides is 1. The summed E-state index contributed by atoms with van der Waals surface area (Å²) in [5, 5.41) is 7.79. The maximum absolute atomic E-state index is 12.9. The van der Waals surface area contributed by atoms with Crippen molar-refractivity contribution >= 4 is 16.9 Å². The molecule has 0 aliphatic rings. The van der Waals surface area contributed by atoms with Crippen molar-refractivity contribution in [3.8, 4) is 0 Å². The van der Waals surface area contributed by atoms with E-state index in [0.29, 0.717) is 16.9 Å². The van der Waals surface area contributed by atoms with Gasteiger partial charge in [0.25, 0.3) is 5.56 Å². The average molecular weight is 381 g/mol. The first-order valence-corrected chi connectivity index (χ1v) is 9.48. The minimum Gasteiger partial charge on any atom is -0.350 e. The third-order valence-electron chi connectivity index (χ3n) is 4.75. The molecule has 7 nitrogen and oxygen atoms in total. The molecule has 0 saturated carbocycles. The SMILES string of the molecule is Cc1nc2c(cnn2C(C)(C)C)c(=O)n1CCC(=O)NC(C)c1ccccc1. The van der Waals surface area contributed by atoms with E-state index in [2.05, 4.69) is 15.4 Å². The number of nitrogens with zero attached hydrogens (tertiary/aromatic N) is 4. The maximum atomic E-state index is 12.9. The number of aromatic nitrogens is 4. The van der Waals surface area contributed by atoms with Gasteiger partial charge in [0, 0.05) is 13.0 Å². The van der Waals surface area contributed by atoms with Crippen LogP contribution in [0.3, 0.4) is 0 Å². The Balaban J connectivity index is 1.76. The molecule has 0 bridgehead atoms. The largest absolute Gasteiger partial charge is 0.350 e. The molecular weight excluding hydrogens is 354 g/mol. The van der Waals surface area contributed by atoms with Gasteiger partial charge in [0.1, 0.15) is 11.2 Å². The second kappa shape index (κ2) is 7.58. The van der Waals surface area contributed by atoms with E-state index in [4.69, 9.17) is 0 Å². The quantitative estimate of drug-likeness (QED) is 0.737. The first-order valence-electron chi connectivity index (χ1n) is 9.48. The first kappa shape index (κ1) is 19.8. The van der Waals surface area contributed by atoms with Crippen molar-refractivity contribution in [1.29, 1.82) is 0 Å². The van der Waals surface area contributed by atoms with Gasteiger partial charge in [-0.1, -0.05) is 30.3 Å². The van der Waals surface area contributed by atoms with Crippen molar-refractivity contribution < 1.29 is 4.79 Å². The lowest BCUT2D eigenvalue weighted by Crippen LogP contribution is -2.31. The highest BCUT2D eigenvalue weighted by Crippen LogP contribution is 2.18. The van der Waals surface area contributed by atoms with Crippen LogP contribution in [-0.4, -0.2) is 25.2 Å². The third kappa shape index (κ3) is 3.98. The fraction of sp³-hybridized carbons (Fsp3) is 0.429. The molecule has 1 amide bonds. The van der Waals surface area contributed by atoms with Crippen molar-refractivity contribution in [1.82, 2.24) is 24.6 Å². The lowest BCUT2D eigenvalue weighted by Gasteiger charge is -2.20. The van der Waals surface area contributed by atoms with Crippen LogP contribution in [0, 0.1) is 6.92 Å². The predicted molar refractivity (Wildman–Crippen MR) is 109 cm³/mol. The molecule has 3 rings (SSSR count). The molecule has 0 spiro atoms. The van der Waals surface area contributed by atoms with Gasteiger partial charge in [-0.25, -0.2) is 9.67 Å². The number of carbonyl (C=O) groups is 1. The molecule has 2 aromatic heterocycles. The van der Waals surface area contributed by atoms with Gasteiger partial charge < -0.3 is 5.32 Å². The van der Waals surface area contributed by atoms with Crippen LogP contribution in [0.4, 0.5) is 0 Å². The number of fused-ring (bicyclic) bond motifs is 1. The summed E-state index contributed by atoms with van der Waals surface area (Å²) in [5.41, 5.74) is 1.19. The molecule has 1 N–H and O–H groups in total. The van der Waals surface area contributed by atoms with Crippen molar-refractivity contribution in [2.75, 3.05) is 0 Å². The number of hydrogen-bond donors (Lipinski definition) is 1. The van der Waals surface area contributed by atoms with Crippen LogP contribution in [0.5, 0.6) is 0 Å². The topological polar surface area (TPSA) is 81.8 Å². The van der Waals surface area contributed by atoms with Crippen LogP contribution in [0.25, 0.3) is 11.0 Å². The molecule has 1 atom stereocenters. The number of nitrogens with one attached hydrogen (secondary N) is 1. The Labute approximate surface area is 164 Å². The summed E-state index contributed by atoms with van der Waals surface area (Å²) in [4.78, 5) is 29.8. The van der Waals surface area contributed by atoms with Crippen molar-refractivity contribution in [3.63, 3.8) is 0 Å². The monoisotopic (exact) mass is 381 g/mol. The summed E-state index contributed by atoms with van der Waals surface area (Å²) in [6, 6.07) is 9.70. The minimum atomic E-state index is -0.271. The van der Waals surface area contributed by atoms with E-state index in [9.17, 15) is 9.59 Å². The van der Waals surface area contributed by atoms with E-state index in [-0.39, 0.29) is 36.0 Å². The average Bonchev–Trinajstić information content (AvgIpc) is 3.06. The van der Waals surface area contributed by atoms with Gasteiger partial charge in [-0.2, -0.15) is 5.10 Å². The van der Waals surface area contributed by atoms with Crippen LogP contribution < -0.4 is 10.9 Å². The molecule has 2 heterocycles. The molecule has 7 heteroatoms. The lowest BCUT2D eigenvalue weighted by atomic mass is 10.1. The molecule has 3 aromatic rings. The predicted octanol–water partition coefficient (Wildman–Crippen LogP) is 2.92. The summed E-state index contributed by atoms with van der Waals surface area (Å²) < 4.78 is 3.30. The molecule has 0 aliphatic carbocycles. The summed E-state index contributed by atoms with van der Waals surface area (Å²) in [5.74, 6) is 0.473. The van der Waals surface area contributed by atoms with Gasteiger partial charge in [0.2, 0.25) is 5.91 Å². The van der Waals surface area contributed by atoms with Crippen LogP contribution in [0.1, 0.15) is 51.5 Å². The van der Waals surface area contributed by atoms with E-state index in [0.717, 1.165) is 5.56 Å². The maximum Gasteiger partial charge on any atom is 0.264 e. The molecule has 148 valence electrons. The van der Waals surface area contributed by atoms with Gasteiger partial charge >= 0.3 is 0 Å². The van der Waals surface area contributed by atoms with Crippen LogP contribution in [0.15, 0.2) is 41.3 Å². The zero-order valence-corrected chi connectivity index (χ0v) is 17.1. The Kier molecular flexibility index (Phi) is 5.36. The van der Waals surface area contributed by atoms with E-state index in [1.807, 2.05) is 58.0 Å². The first-order chi connectivity index (χ1) is 13.2. The van der Waals surface area contributed by atoms with Gasteiger partial charge in [0.15, 0.2) is 5.65 Å². The Morgan fingerprint density at radius 1 is 1.21 bits per heavy atom. The molecule has 0 saturated heterocycles. The molecule has 1 aromatic carbocycles. The second-order valence-corrected chi connectivity index (χ2v) is 8.03. The number of benzene rings is 1. The van der Waals surface area contributed by atoms with Crippen LogP contribution in [-0.2, 0) is 16.9 Å². The minimum absolute atomic E-state index is 0.0860. The summed E-state index contributed by atoms with van der Waals surface area (Å²) >= 11 is 0. The number of hydrogen-bond acceptors (Lipinski definition) is 4. The van der Waals surface area contributed by atoms with E-state index in [1.54, 1.807) is 22.4 Å². The number of rotatable bonds is 5. The fourth-order valence-corrected chi connectivity index (χ4v) is 3.21. The lowest BCUT2D eigenvalue weighted by molar-refractivity contribution is -0.121. The summed E-state index contributed by atoms with van der Waals surface area (Å²) in [6.07, 6.45) is 1.77. The van der Waals surface area contributed by atoms with Crippen molar-refractivity contribution in [3.05, 3.63) is 58.3 Å². The van der Waals surface area contributed by atoms with Gasteiger partial charge in [0.05, 0.1) is 17.8 Å². The van der Waals surface area contributed by atoms with Gasteiger partial charge in [-0.15, -0.1) is 0 Å². The summed E-state index contributed by atoms with van der Waals surface area (Å²) in [6.45, 7) is 10.0. The smallest absolute Gasteiger partial charge is 0.264 e. The van der Waals surface area contributed by atoms with Gasteiger partial charge in [-0.05, 0) is 40.2 Å². The highest BCUT2D eigenvalue weighted by Gasteiger charge is 2.21. The van der Waals surface area contributed by atoms with Crippen molar-refractivity contribution in [2.45, 2.75) is 59.2 Å². The Bertz CT molecular complexity index is 1040. The molecular formula is C21H27N5O2. The molecule has 0 fully saturated rings. The Hall–Kier alpha value is -2.96. The fourth-order valence-electron chi connectivity index (χ4n) is 3.21. The third-order valence-corrected chi connectivity index (χ3v) is 4.75. The second-order valence-electron chi connectivity index (χ2n) is 8.03. The molecule has 0 radical (unpaired) electrons. The Morgan fingerprint density at radius 3 is 2.54 bits per heavy atom. The van der Waals surface area contributed by atoms with Crippen LogP contribution in [0.2, 0.25) is 0 Å². The standard InChI is InChI=1S/C21H27N5O2/c1-14(16-9-7-6-8-10-16)23-18(27)11-12-25-15(2)24-19-17(20(25)28)13-22-26(19)21(3,4)5/h6-10,13-14H,11-12H2,1-5H3,(H,23,27). The number of carbonyl (C=O) groups excluding carboxylic acids is 1. The number of aryl methyl sites for hydroxylation is 1. The normalized spacial score (nSPS) is 12.9. The molecule has 1 unspecified atom stereocenters. The van der Waals surface area contributed by atoms with Gasteiger partial charge in [-0.3, -0.25) is 14.2 Å². The summed E-state index contributed by atoms with van der Waals surface area (Å²) in [7, 11) is 0. The Morgan fingerprint density at radius 2 is 1.89 bits per heavy atom. The van der Waals surface area contributed by atoms with E-state index in [1.165, 1.54) is 0 Å². The highest BCUT2D eigenvalue weighted by atomic mass is 16.2. The van der Waals surface area contributed by atoms with Crippen molar-refractivity contribution in [2.24, 2.45) is 0 Å². The zero-order chi connectivity index (χ0) is 20.5. The molecule has 28 heavy (non-hydrogen) atoms.